The van der Waals surface area contributed by atoms with Crippen molar-refractivity contribution in [1.82, 2.24) is 4.98 Å². The first-order valence-corrected chi connectivity index (χ1v) is 7.57. The van der Waals surface area contributed by atoms with Gasteiger partial charge in [0.1, 0.15) is 5.58 Å². The molecule has 0 bridgehead atoms. The van der Waals surface area contributed by atoms with Gasteiger partial charge in [-0.05, 0) is 12.1 Å². The van der Waals surface area contributed by atoms with Crippen molar-refractivity contribution in [2.75, 3.05) is 31.2 Å². The Morgan fingerprint density at radius 2 is 2.00 bits per heavy atom. The van der Waals surface area contributed by atoms with E-state index < -0.39 is 11.4 Å². The summed E-state index contributed by atoms with van der Waals surface area (Å²) in [4.78, 5) is 29.9. The normalized spacial score (nSPS) is 15.1. The Labute approximate surface area is 136 Å². The van der Waals surface area contributed by atoms with Gasteiger partial charge in [0, 0.05) is 30.7 Å². The zero-order valence-corrected chi connectivity index (χ0v) is 12.7. The largest absolute Gasteiger partial charge is 0.475 e. The summed E-state index contributed by atoms with van der Waals surface area (Å²) < 4.78 is 10.9. The number of benzene rings is 1. The number of fused-ring (bicyclic) bond motifs is 3. The summed E-state index contributed by atoms with van der Waals surface area (Å²) in [6.07, 6.45) is 1.44. The summed E-state index contributed by atoms with van der Waals surface area (Å²) in [6, 6.07) is 6.56. The number of ether oxygens (including phenoxy) is 1. The number of hydrogen-bond donors (Lipinski definition) is 1. The topological polar surface area (TPSA) is 92.9 Å². The molecule has 1 fully saturated rings. The van der Waals surface area contributed by atoms with E-state index in [1.165, 1.54) is 6.20 Å². The minimum Gasteiger partial charge on any atom is -0.475 e. The van der Waals surface area contributed by atoms with E-state index in [1.54, 1.807) is 6.07 Å². The fraction of sp³-hybridized carbons (Fsp3) is 0.235. The van der Waals surface area contributed by atoms with Gasteiger partial charge in [-0.25, -0.2) is 4.79 Å². The number of para-hydroxylation sites is 1. The minimum atomic E-state index is -1.27. The number of anilines is 1. The van der Waals surface area contributed by atoms with Crippen LogP contribution in [0.5, 0.6) is 0 Å². The van der Waals surface area contributed by atoms with Gasteiger partial charge < -0.3 is 19.2 Å². The molecule has 0 radical (unpaired) electrons. The Morgan fingerprint density at radius 3 is 2.75 bits per heavy atom. The molecule has 0 saturated carbocycles. The van der Waals surface area contributed by atoms with Crippen LogP contribution in [-0.2, 0) is 4.74 Å². The smallest absolute Gasteiger partial charge is 0.371 e. The molecule has 2 aromatic heterocycles. The number of morpholine rings is 1. The van der Waals surface area contributed by atoms with Crippen molar-refractivity contribution in [3.8, 4) is 0 Å². The molecule has 1 aliphatic heterocycles. The van der Waals surface area contributed by atoms with E-state index in [1.807, 2.05) is 12.1 Å². The van der Waals surface area contributed by atoms with Crippen LogP contribution in [0.4, 0.5) is 5.69 Å². The Balaban J connectivity index is 2.01. The molecule has 7 heteroatoms. The predicted molar refractivity (Wildman–Crippen MR) is 87.8 cm³/mol. The number of nitrogens with zero attached hydrogens (tertiary/aromatic N) is 2. The van der Waals surface area contributed by atoms with Gasteiger partial charge in [-0.1, -0.05) is 6.07 Å². The summed E-state index contributed by atoms with van der Waals surface area (Å²) in [7, 11) is 0. The van der Waals surface area contributed by atoms with Crippen molar-refractivity contribution in [2.24, 2.45) is 0 Å². The molecule has 0 spiro atoms. The first-order valence-electron chi connectivity index (χ1n) is 7.57. The van der Waals surface area contributed by atoms with Crippen LogP contribution in [0.2, 0.25) is 0 Å². The van der Waals surface area contributed by atoms with E-state index in [-0.39, 0.29) is 16.7 Å². The third-order valence-corrected chi connectivity index (χ3v) is 4.13. The monoisotopic (exact) mass is 326 g/mol. The second-order valence-corrected chi connectivity index (χ2v) is 5.55. The number of aromatic nitrogens is 1. The third kappa shape index (κ3) is 2.30. The molecule has 24 heavy (non-hydrogen) atoms. The molecular weight excluding hydrogens is 312 g/mol. The molecule has 0 atom stereocenters. The number of carboxylic acid groups (broad SMARTS) is 1. The molecule has 0 aliphatic carbocycles. The summed E-state index contributed by atoms with van der Waals surface area (Å²) in [5.74, 6) is -1.65. The molecule has 3 heterocycles. The lowest BCUT2D eigenvalue weighted by atomic mass is 10.1. The lowest BCUT2D eigenvalue weighted by molar-refractivity contribution is 0.0663. The molecule has 1 N–H and O–H groups in total. The van der Waals surface area contributed by atoms with Crippen molar-refractivity contribution in [1.29, 1.82) is 0 Å². The average Bonchev–Trinajstić information content (AvgIpc) is 2.61. The maximum atomic E-state index is 12.1. The van der Waals surface area contributed by atoms with Crippen LogP contribution in [-0.4, -0.2) is 42.4 Å². The van der Waals surface area contributed by atoms with E-state index in [4.69, 9.17) is 14.3 Å². The number of aromatic carboxylic acids is 1. The van der Waals surface area contributed by atoms with Crippen molar-refractivity contribution >= 4 is 33.5 Å². The molecule has 1 aromatic carbocycles. The van der Waals surface area contributed by atoms with Crippen LogP contribution in [0.15, 0.2) is 39.7 Å². The van der Waals surface area contributed by atoms with Crippen LogP contribution >= 0.6 is 0 Å². The first kappa shape index (κ1) is 14.6. The van der Waals surface area contributed by atoms with E-state index in [2.05, 4.69) is 9.88 Å². The summed E-state index contributed by atoms with van der Waals surface area (Å²) in [5, 5.41) is 10.0. The van der Waals surface area contributed by atoms with Gasteiger partial charge in [0.2, 0.25) is 5.76 Å². The zero-order chi connectivity index (χ0) is 16.7. The lowest BCUT2D eigenvalue weighted by Gasteiger charge is -2.29. The SMILES string of the molecule is O=C(O)c1cc(=O)c2cnc3c(N4CCOCC4)cccc3c2o1. The van der Waals surface area contributed by atoms with Gasteiger partial charge in [0.15, 0.2) is 5.43 Å². The molecule has 122 valence electrons. The lowest BCUT2D eigenvalue weighted by Crippen LogP contribution is -2.36. The Morgan fingerprint density at radius 1 is 1.21 bits per heavy atom. The highest BCUT2D eigenvalue weighted by molar-refractivity contribution is 6.06. The van der Waals surface area contributed by atoms with Gasteiger partial charge in [-0.2, -0.15) is 0 Å². The maximum Gasteiger partial charge on any atom is 0.371 e. The number of carbonyl (C=O) groups is 1. The van der Waals surface area contributed by atoms with Crippen molar-refractivity contribution in [3.05, 3.63) is 46.4 Å². The van der Waals surface area contributed by atoms with Crippen molar-refractivity contribution in [2.45, 2.75) is 0 Å². The number of rotatable bonds is 2. The molecular formula is C17H14N2O5. The third-order valence-electron chi connectivity index (χ3n) is 4.13. The van der Waals surface area contributed by atoms with E-state index >= 15 is 0 Å². The van der Waals surface area contributed by atoms with E-state index in [9.17, 15) is 9.59 Å². The van der Waals surface area contributed by atoms with Gasteiger partial charge in [-0.3, -0.25) is 9.78 Å². The van der Waals surface area contributed by atoms with Gasteiger partial charge >= 0.3 is 5.97 Å². The Kier molecular flexibility index (Phi) is 3.42. The van der Waals surface area contributed by atoms with Crippen molar-refractivity contribution < 1.29 is 19.1 Å². The van der Waals surface area contributed by atoms with Gasteiger partial charge in [-0.15, -0.1) is 0 Å². The molecule has 1 saturated heterocycles. The van der Waals surface area contributed by atoms with E-state index in [0.717, 1.165) is 24.8 Å². The quantitative estimate of drug-likeness (QED) is 0.719. The van der Waals surface area contributed by atoms with Crippen LogP contribution in [0, 0.1) is 0 Å². The van der Waals surface area contributed by atoms with Crippen LogP contribution in [0.25, 0.3) is 21.9 Å². The number of carboxylic acids is 1. The highest BCUT2D eigenvalue weighted by Gasteiger charge is 2.18. The minimum absolute atomic E-state index is 0.250. The van der Waals surface area contributed by atoms with Crippen molar-refractivity contribution in [3.63, 3.8) is 0 Å². The molecule has 4 rings (SSSR count). The second-order valence-electron chi connectivity index (χ2n) is 5.55. The fourth-order valence-electron chi connectivity index (χ4n) is 2.97. The molecule has 0 amide bonds. The van der Waals surface area contributed by atoms with E-state index in [0.29, 0.717) is 24.1 Å². The van der Waals surface area contributed by atoms with Crippen LogP contribution in [0.1, 0.15) is 10.6 Å². The summed E-state index contributed by atoms with van der Waals surface area (Å²) in [5.41, 5.74) is 1.43. The highest BCUT2D eigenvalue weighted by Crippen LogP contribution is 2.30. The predicted octanol–water partition coefficient (Wildman–Crippen LogP) is 1.88. The standard InChI is InChI=1S/C17H14N2O5/c20-13-8-14(17(21)22)24-16-10-2-1-3-12(15(10)18-9-11(13)16)19-4-6-23-7-5-19/h1-3,8-9H,4-7H2,(H,21,22). The molecule has 7 nitrogen and oxygen atoms in total. The summed E-state index contributed by atoms with van der Waals surface area (Å²) in [6.45, 7) is 2.78. The second kappa shape index (κ2) is 5.61. The van der Waals surface area contributed by atoms with Gasteiger partial charge in [0.25, 0.3) is 0 Å². The Hall–Kier alpha value is -2.93. The van der Waals surface area contributed by atoms with Crippen LogP contribution in [0.3, 0.4) is 0 Å². The highest BCUT2D eigenvalue weighted by atomic mass is 16.5. The Bertz CT molecular complexity index is 1000. The number of hydrogen-bond acceptors (Lipinski definition) is 6. The molecule has 0 unspecified atom stereocenters. The maximum absolute atomic E-state index is 12.1. The zero-order valence-electron chi connectivity index (χ0n) is 12.7. The average molecular weight is 326 g/mol. The van der Waals surface area contributed by atoms with Gasteiger partial charge in [0.05, 0.1) is 29.8 Å². The molecule has 1 aliphatic rings. The fourth-order valence-corrected chi connectivity index (χ4v) is 2.97. The number of pyridine rings is 1. The molecule has 3 aromatic rings. The van der Waals surface area contributed by atoms with Crippen LogP contribution < -0.4 is 10.3 Å². The summed E-state index contributed by atoms with van der Waals surface area (Å²) >= 11 is 0. The first-order chi connectivity index (χ1) is 11.6.